The fraction of sp³-hybridized carbons (Fsp3) is 0.526. The maximum atomic E-state index is 12.2. The van der Waals surface area contributed by atoms with Gasteiger partial charge in [0.2, 0.25) is 5.91 Å². The molecule has 7 nitrogen and oxygen atoms in total. The van der Waals surface area contributed by atoms with E-state index in [1.54, 1.807) is 6.20 Å². The molecule has 26 heavy (non-hydrogen) atoms. The van der Waals surface area contributed by atoms with Crippen LogP contribution in [0.3, 0.4) is 0 Å². The number of aryl methyl sites for hydroxylation is 2. The van der Waals surface area contributed by atoms with Gasteiger partial charge in [0.05, 0.1) is 11.8 Å². The fourth-order valence-electron chi connectivity index (χ4n) is 3.29. The first-order valence-corrected chi connectivity index (χ1v) is 9.18. The maximum Gasteiger partial charge on any atom is 0.220 e. The van der Waals surface area contributed by atoms with Crippen LogP contribution in [0.15, 0.2) is 18.3 Å². The first-order valence-electron chi connectivity index (χ1n) is 9.18. The smallest absolute Gasteiger partial charge is 0.220 e. The third-order valence-corrected chi connectivity index (χ3v) is 4.98. The van der Waals surface area contributed by atoms with Gasteiger partial charge in [0, 0.05) is 49.9 Å². The standard InChI is InChI=1S/C19H27N5O2/c1-13-14(2)22-23-17(13)7-8-18(26)21-11-15-5-3-9-20-19(15)24-10-4-6-16(25)12-24/h3,5,9,16,25H,4,6-8,10-12H2,1-2H3,(H,21,26)(H,22,23). The first-order chi connectivity index (χ1) is 12.5. The van der Waals surface area contributed by atoms with Crippen LogP contribution in [-0.2, 0) is 17.8 Å². The van der Waals surface area contributed by atoms with Gasteiger partial charge in [-0.25, -0.2) is 4.98 Å². The molecule has 0 bridgehead atoms. The Bertz CT molecular complexity index is 758. The second-order valence-electron chi connectivity index (χ2n) is 6.93. The van der Waals surface area contributed by atoms with Crippen molar-refractivity contribution in [3.8, 4) is 0 Å². The Balaban J connectivity index is 1.56. The summed E-state index contributed by atoms with van der Waals surface area (Å²) in [6.45, 7) is 5.91. The second kappa shape index (κ2) is 8.31. The van der Waals surface area contributed by atoms with Gasteiger partial charge in [0.25, 0.3) is 0 Å². The van der Waals surface area contributed by atoms with Gasteiger partial charge in [-0.15, -0.1) is 0 Å². The Morgan fingerprint density at radius 2 is 2.31 bits per heavy atom. The molecule has 1 saturated heterocycles. The monoisotopic (exact) mass is 357 g/mol. The number of hydrogen-bond acceptors (Lipinski definition) is 5. The normalized spacial score (nSPS) is 17.3. The molecule has 1 atom stereocenters. The molecule has 1 unspecified atom stereocenters. The number of rotatable bonds is 6. The average Bonchev–Trinajstić information content (AvgIpc) is 2.97. The van der Waals surface area contributed by atoms with Crippen LogP contribution in [0, 0.1) is 13.8 Å². The highest BCUT2D eigenvalue weighted by molar-refractivity contribution is 5.76. The number of pyridine rings is 1. The Kier molecular flexibility index (Phi) is 5.88. The van der Waals surface area contributed by atoms with E-state index in [1.165, 1.54) is 0 Å². The van der Waals surface area contributed by atoms with Gasteiger partial charge in [0.1, 0.15) is 5.82 Å². The third-order valence-electron chi connectivity index (χ3n) is 4.98. The van der Waals surface area contributed by atoms with Crippen molar-refractivity contribution in [3.05, 3.63) is 40.8 Å². The summed E-state index contributed by atoms with van der Waals surface area (Å²) in [6.07, 6.45) is 4.26. The number of amides is 1. The molecule has 2 aromatic rings. The number of anilines is 1. The predicted octanol–water partition coefficient (Wildman–Crippen LogP) is 1.63. The lowest BCUT2D eigenvalue weighted by Crippen LogP contribution is -2.39. The van der Waals surface area contributed by atoms with E-state index in [0.29, 0.717) is 25.9 Å². The van der Waals surface area contributed by atoms with Crippen LogP contribution in [0.4, 0.5) is 5.82 Å². The number of hydrogen-bond donors (Lipinski definition) is 3. The highest BCUT2D eigenvalue weighted by Crippen LogP contribution is 2.21. The van der Waals surface area contributed by atoms with Crippen molar-refractivity contribution in [1.29, 1.82) is 0 Å². The minimum absolute atomic E-state index is 0.00136. The maximum absolute atomic E-state index is 12.2. The van der Waals surface area contributed by atoms with Gasteiger partial charge >= 0.3 is 0 Å². The number of carbonyl (C=O) groups excluding carboxylic acids is 1. The van der Waals surface area contributed by atoms with Crippen LogP contribution in [0.25, 0.3) is 0 Å². The molecule has 140 valence electrons. The topological polar surface area (TPSA) is 94.1 Å². The Morgan fingerprint density at radius 3 is 3.04 bits per heavy atom. The van der Waals surface area contributed by atoms with E-state index in [2.05, 4.69) is 25.4 Å². The highest BCUT2D eigenvalue weighted by atomic mass is 16.3. The molecule has 0 aromatic carbocycles. The van der Waals surface area contributed by atoms with E-state index >= 15 is 0 Å². The average molecular weight is 357 g/mol. The molecule has 7 heteroatoms. The molecule has 0 saturated carbocycles. The van der Waals surface area contributed by atoms with Crippen molar-refractivity contribution in [1.82, 2.24) is 20.5 Å². The van der Waals surface area contributed by atoms with E-state index < -0.39 is 0 Å². The van der Waals surface area contributed by atoms with Crippen LogP contribution in [0.2, 0.25) is 0 Å². The highest BCUT2D eigenvalue weighted by Gasteiger charge is 2.21. The molecular formula is C19H27N5O2. The molecular weight excluding hydrogens is 330 g/mol. The van der Waals surface area contributed by atoms with Gasteiger partial charge in [-0.1, -0.05) is 6.07 Å². The zero-order chi connectivity index (χ0) is 18.5. The zero-order valence-electron chi connectivity index (χ0n) is 15.5. The number of carbonyl (C=O) groups is 1. The first kappa shape index (κ1) is 18.4. The summed E-state index contributed by atoms with van der Waals surface area (Å²) in [5.74, 6) is 0.851. The van der Waals surface area contributed by atoms with Crippen molar-refractivity contribution in [2.75, 3.05) is 18.0 Å². The number of β-amino-alcohol motifs (C(OH)–C–C–N with tert-alkyl or cyclic N) is 1. The summed E-state index contributed by atoms with van der Waals surface area (Å²) in [4.78, 5) is 18.8. The van der Waals surface area contributed by atoms with E-state index in [4.69, 9.17) is 0 Å². The Hall–Kier alpha value is -2.41. The SMILES string of the molecule is Cc1[nH]nc(CCC(=O)NCc2cccnc2N2CCCC(O)C2)c1C. The second-order valence-corrected chi connectivity index (χ2v) is 6.93. The number of H-pyrrole nitrogens is 1. The van der Waals surface area contributed by atoms with Crippen molar-refractivity contribution in [3.63, 3.8) is 0 Å². The van der Waals surface area contributed by atoms with Crippen LogP contribution in [0.5, 0.6) is 0 Å². The van der Waals surface area contributed by atoms with Gasteiger partial charge in [-0.2, -0.15) is 5.10 Å². The molecule has 0 spiro atoms. The lowest BCUT2D eigenvalue weighted by Gasteiger charge is -2.32. The molecule has 3 heterocycles. The predicted molar refractivity (Wildman–Crippen MR) is 99.9 cm³/mol. The molecule has 2 aromatic heterocycles. The number of aromatic amines is 1. The van der Waals surface area contributed by atoms with Crippen LogP contribution >= 0.6 is 0 Å². The number of aliphatic hydroxyl groups excluding tert-OH is 1. The van der Waals surface area contributed by atoms with Gasteiger partial charge < -0.3 is 15.3 Å². The van der Waals surface area contributed by atoms with Crippen LogP contribution in [0.1, 0.15) is 41.8 Å². The molecule has 1 amide bonds. The molecule has 1 aliphatic rings. The van der Waals surface area contributed by atoms with E-state index in [-0.39, 0.29) is 12.0 Å². The van der Waals surface area contributed by atoms with Gasteiger partial charge in [-0.05, 0) is 38.3 Å². The molecule has 0 radical (unpaired) electrons. The molecule has 1 fully saturated rings. The summed E-state index contributed by atoms with van der Waals surface area (Å²) < 4.78 is 0. The largest absolute Gasteiger partial charge is 0.391 e. The van der Waals surface area contributed by atoms with E-state index in [0.717, 1.165) is 47.7 Å². The third kappa shape index (κ3) is 4.40. The molecule has 0 aliphatic carbocycles. The minimum Gasteiger partial charge on any atom is -0.391 e. The fourth-order valence-corrected chi connectivity index (χ4v) is 3.29. The van der Waals surface area contributed by atoms with Gasteiger partial charge in [-0.3, -0.25) is 9.89 Å². The van der Waals surface area contributed by atoms with E-state index in [1.807, 2.05) is 26.0 Å². The Labute approximate surface area is 153 Å². The number of piperidine rings is 1. The lowest BCUT2D eigenvalue weighted by atomic mass is 10.1. The van der Waals surface area contributed by atoms with Crippen molar-refractivity contribution >= 4 is 11.7 Å². The van der Waals surface area contributed by atoms with Gasteiger partial charge in [0.15, 0.2) is 0 Å². The number of aromatic nitrogens is 3. The van der Waals surface area contributed by atoms with Crippen molar-refractivity contribution in [2.24, 2.45) is 0 Å². The number of aliphatic hydroxyl groups is 1. The summed E-state index contributed by atoms with van der Waals surface area (Å²) in [6, 6.07) is 3.85. The van der Waals surface area contributed by atoms with Crippen LogP contribution < -0.4 is 10.2 Å². The molecule has 3 N–H and O–H groups in total. The Morgan fingerprint density at radius 1 is 1.46 bits per heavy atom. The summed E-state index contributed by atoms with van der Waals surface area (Å²) in [5.41, 5.74) is 4.09. The lowest BCUT2D eigenvalue weighted by molar-refractivity contribution is -0.121. The van der Waals surface area contributed by atoms with Crippen molar-refractivity contribution < 1.29 is 9.90 Å². The van der Waals surface area contributed by atoms with Crippen LogP contribution in [-0.4, -0.2) is 45.4 Å². The molecule has 3 rings (SSSR count). The summed E-state index contributed by atoms with van der Waals surface area (Å²) in [7, 11) is 0. The van der Waals surface area contributed by atoms with Crippen molar-refractivity contribution in [2.45, 2.75) is 52.2 Å². The minimum atomic E-state index is -0.311. The molecule has 1 aliphatic heterocycles. The summed E-state index contributed by atoms with van der Waals surface area (Å²) >= 11 is 0. The number of nitrogens with zero attached hydrogens (tertiary/aromatic N) is 3. The zero-order valence-corrected chi connectivity index (χ0v) is 15.5. The number of nitrogens with one attached hydrogen (secondary N) is 2. The van der Waals surface area contributed by atoms with E-state index in [9.17, 15) is 9.90 Å². The quantitative estimate of drug-likeness (QED) is 0.730. The summed E-state index contributed by atoms with van der Waals surface area (Å²) in [5, 5.41) is 20.1.